The summed E-state index contributed by atoms with van der Waals surface area (Å²) in [5.74, 6) is -0.151. The fourth-order valence-electron chi connectivity index (χ4n) is 1.43. The summed E-state index contributed by atoms with van der Waals surface area (Å²) < 4.78 is 0. The van der Waals surface area contributed by atoms with Gasteiger partial charge in [0, 0.05) is 0 Å². The highest BCUT2D eigenvalue weighted by molar-refractivity contribution is 6.08. The van der Waals surface area contributed by atoms with Gasteiger partial charge in [0.05, 0.1) is 18.5 Å². The summed E-state index contributed by atoms with van der Waals surface area (Å²) >= 11 is 0. The van der Waals surface area contributed by atoms with Gasteiger partial charge in [-0.05, 0) is 6.42 Å². The minimum atomic E-state index is -0.0718. The van der Waals surface area contributed by atoms with Gasteiger partial charge in [0.2, 0.25) is 11.8 Å². The lowest BCUT2D eigenvalue weighted by Gasteiger charge is -2.11. The largest absolute Gasteiger partial charge is 0.313 e. The normalized spacial score (nSPS) is 36.7. The van der Waals surface area contributed by atoms with E-state index in [9.17, 15) is 9.59 Å². The molecule has 54 valence electrons. The highest BCUT2D eigenvalue weighted by Crippen LogP contribution is 2.46. The zero-order valence-corrected chi connectivity index (χ0v) is 5.41. The first-order chi connectivity index (χ1) is 4.75. The average Bonchev–Trinajstić information content (AvgIpc) is 2.62. The van der Waals surface area contributed by atoms with Crippen molar-refractivity contribution in [2.24, 2.45) is 17.6 Å². The van der Waals surface area contributed by atoms with E-state index in [1.54, 1.807) is 0 Å². The second kappa shape index (κ2) is 1.58. The molecule has 0 aromatic heterocycles. The van der Waals surface area contributed by atoms with Gasteiger partial charge >= 0.3 is 0 Å². The van der Waals surface area contributed by atoms with Gasteiger partial charge < -0.3 is 5.73 Å². The Morgan fingerprint density at radius 2 is 1.90 bits per heavy atom. The third kappa shape index (κ3) is 0.495. The van der Waals surface area contributed by atoms with E-state index in [2.05, 4.69) is 0 Å². The summed E-state index contributed by atoms with van der Waals surface area (Å²) in [5.41, 5.74) is 5.18. The van der Waals surface area contributed by atoms with E-state index in [0.29, 0.717) is 0 Å². The molecule has 0 radical (unpaired) electrons. The lowest BCUT2D eigenvalue weighted by atomic mass is 10.4. The van der Waals surface area contributed by atoms with Crippen LogP contribution in [0.3, 0.4) is 0 Å². The number of imide groups is 1. The molecular weight excluding hydrogens is 132 g/mol. The maximum absolute atomic E-state index is 11.0. The van der Waals surface area contributed by atoms with E-state index in [-0.39, 0.29) is 30.3 Å². The summed E-state index contributed by atoms with van der Waals surface area (Å²) in [6.07, 6.45) is 0.758. The minimum Gasteiger partial charge on any atom is -0.313 e. The highest BCUT2D eigenvalue weighted by atomic mass is 16.2. The number of amides is 2. The Labute approximate surface area is 58.0 Å². The number of fused-ring (bicyclic) bond motifs is 1. The van der Waals surface area contributed by atoms with Crippen LogP contribution in [0.1, 0.15) is 6.42 Å². The topological polar surface area (TPSA) is 63.4 Å². The Balaban J connectivity index is 2.23. The van der Waals surface area contributed by atoms with Crippen LogP contribution in [-0.4, -0.2) is 23.4 Å². The van der Waals surface area contributed by atoms with Crippen molar-refractivity contribution in [1.82, 2.24) is 4.90 Å². The monoisotopic (exact) mass is 140 g/mol. The van der Waals surface area contributed by atoms with E-state index in [1.807, 2.05) is 0 Å². The fourth-order valence-corrected chi connectivity index (χ4v) is 1.43. The molecule has 0 bridgehead atoms. The van der Waals surface area contributed by atoms with Crippen LogP contribution in [0.2, 0.25) is 0 Å². The van der Waals surface area contributed by atoms with Crippen LogP contribution in [0.25, 0.3) is 0 Å². The zero-order valence-electron chi connectivity index (χ0n) is 5.41. The van der Waals surface area contributed by atoms with Crippen LogP contribution >= 0.6 is 0 Å². The smallest absolute Gasteiger partial charge is 0.234 e. The van der Waals surface area contributed by atoms with E-state index >= 15 is 0 Å². The van der Waals surface area contributed by atoms with Crippen molar-refractivity contribution >= 4 is 11.8 Å². The van der Waals surface area contributed by atoms with Gasteiger partial charge in [-0.1, -0.05) is 0 Å². The Bertz CT molecular complexity index is 194. The molecule has 2 aliphatic rings. The van der Waals surface area contributed by atoms with Crippen molar-refractivity contribution in [3.05, 3.63) is 0 Å². The van der Waals surface area contributed by atoms with Gasteiger partial charge in [0.1, 0.15) is 0 Å². The SMILES string of the molecule is NCN1C(=O)C2CC2C1=O. The van der Waals surface area contributed by atoms with Gasteiger partial charge in [0.25, 0.3) is 0 Å². The predicted octanol–water partition coefficient (Wildman–Crippen LogP) is -1.09. The second-order valence-electron chi connectivity index (χ2n) is 2.74. The Hall–Kier alpha value is -0.900. The molecule has 0 aromatic rings. The van der Waals surface area contributed by atoms with Gasteiger partial charge in [-0.2, -0.15) is 0 Å². The van der Waals surface area contributed by atoms with Crippen LogP contribution in [-0.2, 0) is 9.59 Å². The predicted molar refractivity (Wildman–Crippen MR) is 32.5 cm³/mol. The molecule has 2 rings (SSSR count). The maximum atomic E-state index is 11.0. The van der Waals surface area contributed by atoms with Crippen LogP contribution in [0.15, 0.2) is 0 Å². The molecule has 4 nitrogen and oxygen atoms in total. The molecule has 1 heterocycles. The van der Waals surface area contributed by atoms with Gasteiger partial charge in [-0.25, -0.2) is 0 Å². The first kappa shape index (κ1) is 5.85. The standard InChI is InChI=1S/C6H8N2O2/c7-2-8-5(9)3-1-4(3)6(8)10/h3-4H,1-2,7H2. The Kier molecular flexibility index (Phi) is 0.922. The molecule has 1 aliphatic heterocycles. The Morgan fingerprint density at radius 1 is 1.40 bits per heavy atom. The first-order valence-electron chi connectivity index (χ1n) is 3.31. The number of piperidine rings is 1. The zero-order chi connectivity index (χ0) is 7.30. The van der Waals surface area contributed by atoms with Gasteiger partial charge in [0.15, 0.2) is 0 Å². The molecule has 1 saturated carbocycles. The Morgan fingerprint density at radius 3 is 2.20 bits per heavy atom. The van der Waals surface area contributed by atoms with Crippen LogP contribution in [0, 0.1) is 11.8 Å². The van der Waals surface area contributed by atoms with Crippen LogP contribution in [0.5, 0.6) is 0 Å². The molecule has 1 saturated heterocycles. The number of carbonyl (C=O) groups excluding carboxylic acids is 2. The molecule has 0 aromatic carbocycles. The number of rotatable bonds is 1. The summed E-state index contributed by atoms with van der Waals surface area (Å²) in [4.78, 5) is 23.2. The van der Waals surface area contributed by atoms with E-state index in [4.69, 9.17) is 5.73 Å². The van der Waals surface area contributed by atoms with Crippen molar-refractivity contribution in [2.75, 3.05) is 6.67 Å². The number of nitrogens with zero attached hydrogens (tertiary/aromatic N) is 1. The van der Waals surface area contributed by atoms with E-state index in [0.717, 1.165) is 11.3 Å². The fraction of sp³-hybridized carbons (Fsp3) is 0.667. The van der Waals surface area contributed by atoms with E-state index in [1.165, 1.54) is 0 Å². The third-order valence-corrected chi connectivity index (χ3v) is 2.14. The van der Waals surface area contributed by atoms with Crippen LogP contribution in [0.4, 0.5) is 0 Å². The number of carbonyl (C=O) groups is 2. The summed E-state index contributed by atoms with van der Waals surface area (Å²) in [6, 6.07) is 0. The molecule has 2 atom stereocenters. The first-order valence-corrected chi connectivity index (χ1v) is 3.31. The lowest BCUT2D eigenvalue weighted by Crippen LogP contribution is -2.37. The van der Waals surface area contributed by atoms with Crippen molar-refractivity contribution in [2.45, 2.75) is 6.42 Å². The van der Waals surface area contributed by atoms with Crippen molar-refractivity contribution in [3.8, 4) is 0 Å². The molecule has 4 heteroatoms. The number of hydrogen-bond acceptors (Lipinski definition) is 3. The van der Waals surface area contributed by atoms with Gasteiger partial charge in [-0.15, -0.1) is 0 Å². The number of likely N-dealkylation sites (tertiary alicyclic amines) is 1. The molecule has 0 spiro atoms. The summed E-state index contributed by atoms with van der Waals surface area (Å²) in [5, 5.41) is 0. The van der Waals surface area contributed by atoms with Crippen molar-refractivity contribution in [3.63, 3.8) is 0 Å². The van der Waals surface area contributed by atoms with Gasteiger partial charge in [-0.3, -0.25) is 14.5 Å². The summed E-state index contributed by atoms with van der Waals surface area (Å²) in [7, 11) is 0. The summed E-state index contributed by atoms with van der Waals surface area (Å²) in [6.45, 7) is 0.0463. The maximum Gasteiger partial charge on any atom is 0.234 e. The van der Waals surface area contributed by atoms with E-state index < -0.39 is 0 Å². The molecule has 1 aliphatic carbocycles. The molecular formula is C6H8N2O2. The van der Waals surface area contributed by atoms with Crippen molar-refractivity contribution < 1.29 is 9.59 Å². The molecule has 2 N–H and O–H groups in total. The third-order valence-electron chi connectivity index (χ3n) is 2.14. The molecule has 2 amide bonds. The quantitative estimate of drug-likeness (QED) is 0.470. The van der Waals surface area contributed by atoms with Crippen LogP contribution < -0.4 is 5.73 Å². The molecule has 10 heavy (non-hydrogen) atoms. The number of nitrogens with two attached hydrogens (primary N) is 1. The van der Waals surface area contributed by atoms with Crippen molar-refractivity contribution in [1.29, 1.82) is 0 Å². The average molecular weight is 140 g/mol. The lowest BCUT2D eigenvalue weighted by molar-refractivity contribution is -0.141. The highest BCUT2D eigenvalue weighted by Gasteiger charge is 2.58. The molecule has 2 unspecified atom stereocenters. The minimum absolute atomic E-state index is 0.00366. The molecule has 2 fully saturated rings. The number of hydrogen-bond donors (Lipinski definition) is 1. The second-order valence-corrected chi connectivity index (χ2v) is 2.74.